The Morgan fingerprint density at radius 3 is 2.21 bits per heavy atom. The highest BCUT2D eigenvalue weighted by molar-refractivity contribution is 14.1. The number of rotatable bonds is 6. The van der Waals surface area contributed by atoms with Crippen molar-refractivity contribution in [2.45, 2.75) is 32.2 Å². The van der Waals surface area contributed by atoms with Gasteiger partial charge < -0.3 is 0 Å². The maximum absolute atomic E-state index is 3.28. The Labute approximate surface area is 129 Å². The van der Waals surface area contributed by atoms with Gasteiger partial charge >= 0.3 is 0 Å². The fraction of sp³-hybridized carbons (Fsp3) is 0.294. The van der Waals surface area contributed by atoms with Gasteiger partial charge in [-0.1, -0.05) is 54.6 Å². The van der Waals surface area contributed by atoms with Gasteiger partial charge in [0.15, 0.2) is 0 Å². The highest BCUT2D eigenvalue weighted by Gasteiger charge is 2.06. The van der Waals surface area contributed by atoms with Crippen LogP contribution in [-0.2, 0) is 19.3 Å². The second-order valence-corrected chi connectivity index (χ2v) is 5.59. The van der Waals surface area contributed by atoms with E-state index in [4.69, 9.17) is 0 Å². The molecular formula is C17H20IN. The van der Waals surface area contributed by atoms with Crippen LogP contribution in [-0.4, -0.2) is 6.04 Å². The number of hydrogen-bond acceptors (Lipinski definition) is 1. The summed E-state index contributed by atoms with van der Waals surface area (Å²) in [6, 6.07) is 20.0. The van der Waals surface area contributed by atoms with E-state index in [1.54, 1.807) is 0 Å². The highest BCUT2D eigenvalue weighted by atomic mass is 127. The molecule has 0 aliphatic carbocycles. The van der Waals surface area contributed by atoms with E-state index >= 15 is 0 Å². The van der Waals surface area contributed by atoms with Crippen LogP contribution in [0.3, 0.4) is 0 Å². The molecule has 0 spiro atoms. The Hall–Kier alpha value is -0.870. The average Bonchev–Trinajstić information content (AvgIpc) is 2.47. The molecule has 0 unspecified atom stereocenters. The summed E-state index contributed by atoms with van der Waals surface area (Å²) < 4.78 is 3.28. The lowest BCUT2D eigenvalue weighted by molar-refractivity contribution is 0.700. The zero-order valence-corrected chi connectivity index (χ0v) is 13.4. The molecule has 0 saturated heterocycles. The lowest BCUT2D eigenvalue weighted by Gasteiger charge is -2.13. The van der Waals surface area contributed by atoms with Crippen LogP contribution < -0.4 is 3.53 Å². The van der Waals surface area contributed by atoms with E-state index in [-0.39, 0.29) is 0 Å². The van der Waals surface area contributed by atoms with Crippen LogP contribution in [0.5, 0.6) is 0 Å². The summed E-state index contributed by atoms with van der Waals surface area (Å²) in [5.41, 5.74) is 4.36. The number of aryl methyl sites for hydroxylation is 2. The molecule has 2 aromatic carbocycles. The smallest absolute Gasteiger partial charge is 0.0175 e. The van der Waals surface area contributed by atoms with Crippen molar-refractivity contribution >= 4 is 22.9 Å². The Morgan fingerprint density at radius 1 is 0.895 bits per heavy atom. The summed E-state index contributed by atoms with van der Waals surface area (Å²) in [5, 5.41) is 0. The Bertz CT molecular complexity index is 496. The molecule has 0 radical (unpaired) electrons. The maximum Gasteiger partial charge on any atom is 0.0175 e. The van der Waals surface area contributed by atoms with Crippen molar-refractivity contribution in [3.8, 4) is 0 Å². The van der Waals surface area contributed by atoms with Gasteiger partial charge in [0.05, 0.1) is 0 Å². The van der Waals surface area contributed by atoms with Crippen molar-refractivity contribution in [3.05, 3.63) is 71.3 Å². The van der Waals surface area contributed by atoms with Crippen molar-refractivity contribution in [2.24, 2.45) is 0 Å². The molecule has 1 nitrogen and oxygen atoms in total. The molecule has 2 heteroatoms. The van der Waals surface area contributed by atoms with Gasteiger partial charge in [-0.05, 0) is 42.9 Å². The van der Waals surface area contributed by atoms with Gasteiger partial charge in [0.1, 0.15) is 0 Å². The van der Waals surface area contributed by atoms with Gasteiger partial charge in [-0.2, -0.15) is 0 Å². The zero-order chi connectivity index (χ0) is 13.5. The molecule has 0 saturated carbocycles. The summed E-state index contributed by atoms with van der Waals surface area (Å²) in [4.78, 5) is 0. The third-order valence-electron chi connectivity index (χ3n) is 3.36. The largest absolute Gasteiger partial charge is 0.258 e. The van der Waals surface area contributed by atoms with E-state index in [2.05, 4.69) is 87.9 Å². The lowest BCUT2D eigenvalue weighted by atomic mass is 9.96. The molecular weight excluding hydrogens is 345 g/mol. The van der Waals surface area contributed by atoms with Crippen LogP contribution >= 0.6 is 22.9 Å². The molecule has 0 bridgehead atoms. The average molecular weight is 365 g/mol. The zero-order valence-electron chi connectivity index (χ0n) is 11.3. The van der Waals surface area contributed by atoms with Crippen molar-refractivity contribution < 1.29 is 0 Å². The summed E-state index contributed by atoms with van der Waals surface area (Å²) in [6.07, 6.45) is 3.33. The predicted octanol–water partition coefficient (Wildman–Crippen LogP) is 4.34. The molecule has 1 atom stereocenters. The first-order valence-corrected chi connectivity index (χ1v) is 7.84. The first-order chi connectivity index (χ1) is 9.29. The van der Waals surface area contributed by atoms with Gasteiger partial charge in [-0.25, -0.2) is 0 Å². The quantitative estimate of drug-likeness (QED) is 0.593. The summed E-state index contributed by atoms with van der Waals surface area (Å²) >= 11 is 2.23. The van der Waals surface area contributed by atoms with Gasteiger partial charge in [0.25, 0.3) is 0 Å². The molecule has 0 fully saturated rings. The molecule has 0 amide bonds. The molecule has 0 heterocycles. The van der Waals surface area contributed by atoms with E-state index in [1.165, 1.54) is 16.7 Å². The standard InChI is InChI=1S/C17H20IN/c1-14(19-18)13-17-10-6-5-9-16(17)12-11-15-7-3-2-4-8-15/h2-10,14,19H,11-13H2,1H3/t14-/m1/s1. The fourth-order valence-electron chi connectivity index (χ4n) is 2.29. The Kier molecular flexibility index (Phi) is 5.86. The number of hydrogen-bond donors (Lipinski definition) is 1. The fourth-order valence-corrected chi connectivity index (χ4v) is 2.51. The van der Waals surface area contributed by atoms with E-state index in [0.717, 1.165) is 19.3 Å². The normalized spacial score (nSPS) is 12.3. The van der Waals surface area contributed by atoms with Crippen LogP contribution in [0.1, 0.15) is 23.6 Å². The molecule has 1 N–H and O–H groups in total. The highest BCUT2D eigenvalue weighted by Crippen LogP contribution is 2.15. The van der Waals surface area contributed by atoms with Crippen LogP contribution in [0.15, 0.2) is 54.6 Å². The topological polar surface area (TPSA) is 12.0 Å². The molecule has 2 aromatic rings. The van der Waals surface area contributed by atoms with Gasteiger partial charge in [0.2, 0.25) is 0 Å². The van der Waals surface area contributed by atoms with Crippen molar-refractivity contribution in [3.63, 3.8) is 0 Å². The number of halogens is 1. The van der Waals surface area contributed by atoms with Crippen LogP contribution in [0.25, 0.3) is 0 Å². The minimum Gasteiger partial charge on any atom is -0.258 e. The summed E-state index contributed by atoms with van der Waals surface area (Å²) in [7, 11) is 0. The third-order valence-corrected chi connectivity index (χ3v) is 4.42. The SMILES string of the molecule is C[C@H](Cc1ccccc1CCc1ccccc1)NI. The van der Waals surface area contributed by atoms with Gasteiger partial charge in [-0.15, -0.1) is 0 Å². The Balaban J connectivity index is 2.03. The van der Waals surface area contributed by atoms with E-state index in [0.29, 0.717) is 6.04 Å². The second kappa shape index (κ2) is 7.65. The van der Waals surface area contributed by atoms with Crippen molar-refractivity contribution in [2.75, 3.05) is 0 Å². The third kappa shape index (κ3) is 4.62. The predicted molar refractivity (Wildman–Crippen MR) is 90.6 cm³/mol. The lowest BCUT2D eigenvalue weighted by Crippen LogP contribution is -2.19. The summed E-state index contributed by atoms with van der Waals surface area (Å²) in [6.45, 7) is 2.22. The molecule has 0 aliphatic rings. The molecule has 0 aliphatic heterocycles. The van der Waals surface area contributed by atoms with Gasteiger partial charge in [-0.3, -0.25) is 3.53 Å². The van der Waals surface area contributed by atoms with Gasteiger partial charge in [0, 0.05) is 28.9 Å². The number of benzene rings is 2. The monoisotopic (exact) mass is 365 g/mol. The molecule has 19 heavy (non-hydrogen) atoms. The minimum atomic E-state index is 0.512. The number of nitrogens with one attached hydrogen (secondary N) is 1. The summed E-state index contributed by atoms with van der Waals surface area (Å²) in [5.74, 6) is 0. The van der Waals surface area contributed by atoms with Crippen LogP contribution in [0, 0.1) is 0 Å². The minimum absolute atomic E-state index is 0.512. The van der Waals surface area contributed by atoms with Crippen LogP contribution in [0.2, 0.25) is 0 Å². The first kappa shape index (κ1) is 14.5. The molecule has 0 aromatic heterocycles. The van der Waals surface area contributed by atoms with Crippen LogP contribution in [0.4, 0.5) is 0 Å². The maximum atomic E-state index is 3.28. The Morgan fingerprint density at radius 2 is 1.53 bits per heavy atom. The second-order valence-electron chi connectivity index (χ2n) is 4.97. The van der Waals surface area contributed by atoms with E-state index in [1.807, 2.05) is 0 Å². The molecule has 100 valence electrons. The molecule has 2 rings (SSSR count). The van der Waals surface area contributed by atoms with E-state index < -0.39 is 0 Å². The van der Waals surface area contributed by atoms with Crippen molar-refractivity contribution in [1.82, 2.24) is 3.53 Å². The first-order valence-electron chi connectivity index (χ1n) is 6.76. The van der Waals surface area contributed by atoms with E-state index in [9.17, 15) is 0 Å². The van der Waals surface area contributed by atoms with Crippen molar-refractivity contribution in [1.29, 1.82) is 0 Å².